The first-order valence-corrected chi connectivity index (χ1v) is 11.4. The molecule has 0 saturated carbocycles. The summed E-state index contributed by atoms with van der Waals surface area (Å²) in [7, 11) is 1.62. The number of hydrogen-bond donors (Lipinski definition) is 1. The quantitative estimate of drug-likeness (QED) is 0.310. The summed E-state index contributed by atoms with van der Waals surface area (Å²) < 4.78 is 12.4. The van der Waals surface area contributed by atoms with E-state index in [1.54, 1.807) is 36.4 Å². The lowest BCUT2D eigenvalue weighted by atomic mass is 10.2. The number of carbonyl (C=O) groups excluding carboxylic acids is 1. The number of anilines is 1. The molecule has 1 aliphatic rings. The first kappa shape index (κ1) is 23.4. The fourth-order valence-corrected chi connectivity index (χ4v) is 4.37. The Kier molecular flexibility index (Phi) is 8.59. The highest BCUT2D eigenvalue weighted by Crippen LogP contribution is 2.33. The summed E-state index contributed by atoms with van der Waals surface area (Å²) in [5.41, 5.74) is 0.615. The third-order valence-electron chi connectivity index (χ3n) is 4.61. The topological polar surface area (TPSA) is 85.2 Å². The number of thiocarbonyl (C=S) groups is 1. The Bertz CT molecular complexity index is 1040. The first-order valence-electron chi connectivity index (χ1n) is 10.1. The van der Waals surface area contributed by atoms with Crippen molar-refractivity contribution in [3.05, 3.63) is 45.2 Å². The standard InChI is InChI=1S/C21H26N4O4S2/c1-3-29-13-6-9-22-18-15(19(26)24-10-5-4-8-17(24)23-18)14-16-20(27)25(21(30)31-16)11-7-12-28-2/h4-5,8,10,14,22H,3,6-7,9,11-13H2,1-2H3. The lowest BCUT2D eigenvalue weighted by molar-refractivity contribution is -0.122. The molecule has 1 fully saturated rings. The average molecular weight is 463 g/mol. The van der Waals surface area contributed by atoms with Gasteiger partial charge in [0, 0.05) is 46.2 Å². The SMILES string of the molecule is CCOCCCNc1nc2ccccn2c(=O)c1C=C1SC(=S)N(CCCOC)C1=O. The number of pyridine rings is 1. The van der Waals surface area contributed by atoms with Gasteiger partial charge in [-0.05, 0) is 38.0 Å². The highest BCUT2D eigenvalue weighted by Gasteiger charge is 2.32. The number of thioether (sulfide) groups is 1. The number of ether oxygens (including phenoxy) is 2. The maximum absolute atomic E-state index is 13.2. The molecule has 0 bridgehead atoms. The predicted molar refractivity (Wildman–Crippen MR) is 127 cm³/mol. The van der Waals surface area contributed by atoms with E-state index in [0.717, 1.165) is 6.42 Å². The molecule has 1 aliphatic heterocycles. The molecule has 3 rings (SSSR count). The number of methoxy groups -OCH3 is 1. The molecule has 166 valence electrons. The molecule has 0 spiro atoms. The molecule has 3 heterocycles. The van der Waals surface area contributed by atoms with Crippen LogP contribution in [0, 0.1) is 0 Å². The molecule has 2 aromatic heterocycles. The second-order valence-corrected chi connectivity index (χ2v) is 8.44. The smallest absolute Gasteiger partial charge is 0.267 e. The fourth-order valence-electron chi connectivity index (χ4n) is 3.08. The Balaban J connectivity index is 1.91. The van der Waals surface area contributed by atoms with Gasteiger partial charge in [0.1, 0.15) is 15.8 Å². The van der Waals surface area contributed by atoms with Gasteiger partial charge >= 0.3 is 0 Å². The summed E-state index contributed by atoms with van der Waals surface area (Å²) in [5.74, 6) is 0.239. The van der Waals surface area contributed by atoms with E-state index in [9.17, 15) is 9.59 Å². The Hall–Kier alpha value is -2.27. The summed E-state index contributed by atoms with van der Waals surface area (Å²) in [5, 5.41) is 3.23. The van der Waals surface area contributed by atoms with Gasteiger partial charge in [-0.1, -0.05) is 30.0 Å². The van der Waals surface area contributed by atoms with Gasteiger partial charge in [-0.3, -0.25) is 18.9 Å². The zero-order valence-corrected chi connectivity index (χ0v) is 19.3. The number of carbonyl (C=O) groups is 1. The van der Waals surface area contributed by atoms with E-state index in [0.29, 0.717) is 65.6 Å². The van der Waals surface area contributed by atoms with Crippen molar-refractivity contribution in [3.8, 4) is 0 Å². The molecule has 0 radical (unpaired) electrons. The van der Waals surface area contributed by atoms with Crippen LogP contribution in [-0.4, -0.2) is 64.5 Å². The molecule has 8 nitrogen and oxygen atoms in total. The number of nitrogens with one attached hydrogen (secondary N) is 1. The number of rotatable bonds is 11. The van der Waals surface area contributed by atoms with E-state index < -0.39 is 0 Å². The minimum Gasteiger partial charge on any atom is -0.385 e. The van der Waals surface area contributed by atoms with E-state index >= 15 is 0 Å². The van der Waals surface area contributed by atoms with Crippen molar-refractivity contribution >= 4 is 51.7 Å². The van der Waals surface area contributed by atoms with E-state index in [-0.39, 0.29) is 11.5 Å². The molecule has 0 aliphatic carbocycles. The average Bonchev–Trinajstić information content (AvgIpc) is 3.03. The lowest BCUT2D eigenvalue weighted by Crippen LogP contribution is -2.29. The number of nitrogens with zero attached hydrogens (tertiary/aromatic N) is 3. The second-order valence-electron chi connectivity index (χ2n) is 6.77. The highest BCUT2D eigenvalue weighted by molar-refractivity contribution is 8.26. The molecule has 1 N–H and O–H groups in total. The second kappa shape index (κ2) is 11.4. The third kappa shape index (κ3) is 5.70. The van der Waals surface area contributed by atoms with Crippen molar-refractivity contribution in [1.29, 1.82) is 0 Å². The highest BCUT2D eigenvalue weighted by atomic mass is 32.2. The molecule has 10 heteroatoms. The molecular weight excluding hydrogens is 436 g/mol. The minimum absolute atomic E-state index is 0.203. The fraction of sp³-hybridized carbons (Fsp3) is 0.429. The normalized spacial score (nSPS) is 15.4. The summed E-state index contributed by atoms with van der Waals surface area (Å²) in [6.45, 7) is 4.84. The van der Waals surface area contributed by atoms with Gasteiger partial charge in [-0.25, -0.2) is 4.98 Å². The Morgan fingerprint density at radius 1 is 1.26 bits per heavy atom. The Morgan fingerprint density at radius 3 is 2.87 bits per heavy atom. The minimum atomic E-state index is -0.248. The molecule has 1 saturated heterocycles. The van der Waals surface area contributed by atoms with Gasteiger partial charge in [0.25, 0.3) is 11.5 Å². The first-order chi connectivity index (χ1) is 15.1. The summed E-state index contributed by atoms with van der Waals surface area (Å²) in [6, 6.07) is 5.36. The van der Waals surface area contributed by atoms with E-state index in [1.165, 1.54) is 16.2 Å². The molecule has 0 unspecified atom stereocenters. The van der Waals surface area contributed by atoms with E-state index in [1.807, 2.05) is 13.0 Å². The monoisotopic (exact) mass is 462 g/mol. The molecule has 0 aromatic carbocycles. The number of amides is 1. The number of hydrogen-bond acceptors (Lipinski definition) is 8. The number of fused-ring (bicyclic) bond motifs is 1. The van der Waals surface area contributed by atoms with E-state index in [2.05, 4.69) is 10.3 Å². The largest absolute Gasteiger partial charge is 0.385 e. The molecule has 31 heavy (non-hydrogen) atoms. The predicted octanol–water partition coefficient (Wildman–Crippen LogP) is 2.77. The zero-order chi connectivity index (χ0) is 22.2. The Labute approximate surface area is 190 Å². The van der Waals surface area contributed by atoms with Crippen LogP contribution in [-0.2, 0) is 14.3 Å². The third-order valence-corrected chi connectivity index (χ3v) is 5.99. The van der Waals surface area contributed by atoms with Crippen molar-refractivity contribution in [1.82, 2.24) is 14.3 Å². The van der Waals surface area contributed by atoms with Crippen LogP contribution in [0.3, 0.4) is 0 Å². The molecule has 0 atom stereocenters. The van der Waals surface area contributed by atoms with Crippen LogP contribution < -0.4 is 10.9 Å². The van der Waals surface area contributed by atoms with Crippen LogP contribution in [0.2, 0.25) is 0 Å². The summed E-state index contributed by atoms with van der Waals surface area (Å²) in [6.07, 6.45) is 4.71. The molecular formula is C21H26N4O4S2. The van der Waals surface area contributed by atoms with Crippen LogP contribution in [0.4, 0.5) is 5.82 Å². The van der Waals surface area contributed by atoms with Gasteiger partial charge < -0.3 is 14.8 Å². The van der Waals surface area contributed by atoms with Crippen LogP contribution in [0.5, 0.6) is 0 Å². The molecule has 1 amide bonds. The van der Waals surface area contributed by atoms with Gasteiger partial charge in [-0.15, -0.1) is 0 Å². The van der Waals surface area contributed by atoms with Crippen LogP contribution >= 0.6 is 24.0 Å². The number of aromatic nitrogens is 2. The van der Waals surface area contributed by atoms with Gasteiger partial charge in [0.15, 0.2) is 0 Å². The van der Waals surface area contributed by atoms with Crippen LogP contribution in [0.15, 0.2) is 34.1 Å². The van der Waals surface area contributed by atoms with Crippen molar-refractivity contribution in [2.24, 2.45) is 0 Å². The zero-order valence-electron chi connectivity index (χ0n) is 17.6. The lowest BCUT2D eigenvalue weighted by Gasteiger charge is -2.13. The summed E-state index contributed by atoms with van der Waals surface area (Å²) >= 11 is 6.57. The van der Waals surface area contributed by atoms with Crippen molar-refractivity contribution in [2.45, 2.75) is 19.8 Å². The van der Waals surface area contributed by atoms with Crippen molar-refractivity contribution < 1.29 is 14.3 Å². The van der Waals surface area contributed by atoms with Crippen molar-refractivity contribution in [3.63, 3.8) is 0 Å². The molecule has 2 aromatic rings. The maximum Gasteiger partial charge on any atom is 0.267 e. The van der Waals surface area contributed by atoms with E-state index in [4.69, 9.17) is 21.7 Å². The van der Waals surface area contributed by atoms with Crippen LogP contribution in [0.25, 0.3) is 11.7 Å². The van der Waals surface area contributed by atoms with Crippen molar-refractivity contribution in [2.75, 3.05) is 45.3 Å². The van der Waals surface area contributed by atoms with Crippen LogP contribution in [0.1, 0.15) is 25.3 Å². The maximum atomic E-state index is 13.2. The Morgan fingerprint density at radius 2 is 2.10 bits per heavy atom. The van der Waals surface area contributed by atoms with Gasteiger partial charge in [0.2, 0.25) is 0 Å². The van der Waals surface area contributed by atoms with Gasteiger partial charge in [0.05, 0.1) is 10.5 Å². The summed E-state index contributed by atoms with van der Waals surface area (Å²) in [4.78, 5) is 32.6. The van der Waals surface area contributed by atoms with Gasteiger partial charge in [-0.2, -0.15) is 0 Å².